The summed E-state index contributed by atoms with van der Waals surface area (Å²) in [6.45, 7) is 5.99. The Morgan fingerprint density at radius 3 is 2.37 bits per heavy atom. The van der Waals surface area contributed by atoms with Crippen LogP contribution in [0.5, 0.6) is 5.75 Å². The maximum Gasteiger partial charge on any atom is 0.257 e. The van der Waals surface area contributed by atoms with Gasteiger partial charge in [-0.15, -0.1) is 11.3 Å². The number of carbonyl (C=O) groups excluding carboxylic acids is 1. The fraction of sp³-hybridized carbons (Fsp3) is 0.273. The molecule has 0 radical (unpaired) electrons. The molecule has 30 heavy (non-hydrogen) atoms. The molecule has 0 aliphatic carbocycles. The molecule has 6 nitrogen and oxygen atoms in total. The number of thiazole rings is 1. The monoisotopic (exact) mass is 444 g/mol. The van der Waals surface area contributed by atoms with Gasteiger partial charge in [-0.3, -0.25) is 10.1 Å². The van der Waals surface area contributed by atoms with E-state index in [4.69, 9.17) is 4.74 Å². The highest BCUT2D eigenvalue weighted by Gasteiger charge is 2.19. The van der Waals surface area contributed by atoms with Crippen LogP contribution in [0.1, 0.15) is 37.6 Å². The van der Waals surface area contributed by atoms with E-state index in [9.17, 15) is 13.2 Å². The largest absolute Gasteiger partial charge is 0.494 e. The summed E-state index contributed by atoms with van der Waals surface area (Å²) in [6.07, 6.45) is 0.952. The van der Waals surface area contributed by atoms with Crippen LogP contribution in [0.4, 0.5) is 5.13 Å². The van der Waals surface area contributed by atoms with Crippen LogP contribution < -0.4 is 10.1 Å². The zero-order valence-electron chi connectivity index (χ0n) is 17.1. The lowest BCUT2D eigenvalue weighted by atomic mass is 10.2. The van der Waals surface area contributed by atoms with Gasteiger partial charge in [0.1, 0.15) is 5.75 Å². The van der Waals surface area contributed by atoms with Crippen LogP contribution in [0.3, 0.4) is 0 Å². The van der Waals surface area contributed by atoms with Crippen molar-refractivity contribution in [2.75, 3.05) is 11.9 Å². The Morgan fingerprint density at radius 1 is 1.10 bits per heavy atom. The summed E-state index contributed by atoms with van der Waals surface area (Å²) in [5, 5.41) is 4.59. The minimum Gasteiger partial charge on any atom is -0.494 e. The second-order valence-electron chi connectivity index (χ2n) is 6.98. The Bertz CT molecular complexity index is 1100. The number of anilines is 1. The molecular weight excluding hydrogens is 420 g/mol. The van der Waals surface area contributed by atoms with Crippen LogP contribution in [-0.2, 0) is 9.84 Å². The van der Waals surface area contributed by atoms with Crippen LogP contribution in [0, 0.1) is 0 Å². The lowest BCUT2D eigenvalue weighted by Gasteiger charge is -2.08. The second kappa shape index (κ2) is 9.40. The van der Waals surface area contributed by atoms with Gasteiger partial charge >= 0.3 is 0 Å². The van der Waals surface area contributed by atoms with Crippen molar-refractivity contribution in [2.45, 2.75) is 37.3 Å². The number of ether oxygens (including phenoxy) is 1. The maximum atomic E-state index is 12.5. The van der Waals surface area contributed by atoms with Gasteiger partial charge in [-0.05, 0) is 68.8 Å². The fourth-order valence-electron chi connectivity index (χ4n) is 2.64. The third kappa shape index (κ3) is 5.06. The quantitative estimate of drug-likeness (QED) is 0.526. The van der Waals surface area contributed by atoms with E-state index in [1.54, 1.807) is 13.8 Å². The van der Waals surface area contributed by atoms with Gasteiger partial charge in [0, 0.05) is 16.5 Å². The van der Waals surface area contributed by atoms with E-state index < -0.39 is 15.1 Å². The molecule has 1 heterocycles. The first-order valence-corrected chi connectivity index (χ1v) is 12.1. The number of nitrogens with one attached hydrogen (secondary N) is 1. The van der Waals surface area contributed by atoms with Crippen LogP contribution in [0.15, 0.2) is 58.8 Å². The van der Waals surface area contributed by atoms with Crippen molar-refractivity contribution >= 4 is 32.2 Å². The Morgan fingerprint density at radius 2 is 1.77 bits per heavy atom. The molecule has 0 aliphatic rings. The third-order valence-electron chi connectivity index (χ3n) is 4.41. The van der Waals surface area contributed by atoms with E-state index in [1.165, 1.54) is 35.6 Å². The molecule has 0 saturated heterocycles. The van der Waals surface area contributed by atoms with Gasteiger partial charge in [-0.1, -0.05) is 6.92 Å². The predicted octanol–water partition coefficient (Wildman–Crippen LogP) is 5.03. The zero-order chi connectivity index (χ0) is 21.7. The van der Waals surface area contributed by atoms with Gasteiger partial charge in [-0.2, -0.15) is 0 Å². The SMILES string of the molecule is CCCOc1ccc(-c2csc(NC(=O)c3ccc(S(=O)(=O)C(C)C)cc3)n2)cc1. The van der Waals surface area contributed by atoms with E-state index in [1.807, 2.05) is 29.6 Å². The summed E-state index contributed by atoms with van der Waals surface area (Å²) in [5.74, 6) is 0.472. The summed E-state index contributed by atoms with van der Waals surface area (Å²) in [7, 11) is -3.36. The Kier molecular flexibility index (Phi) is 6.89. The number of nitrogens with zero attached hydrogens (tertiary/aromatic N) is 1. The molecule has 0 saturated carbocycles. The van der Waals surface area contributed by atoms with Crippen molar-refractivity contribution in [3.8, 4) is 17.0 Å². The highest BCUT2D eigenvalue weighted by molar-refractivity contribution is 7.92. The second-order valence-corrected chi connectivity index (χ2v) is 10.3. The van der Waals surface area contributed by atoms with Gasteiger partial charge in [0.05, 0.1) is 22.4 Å². The molecule has 0 fully saturated rings. The smallest absolute Gasteiger partial charge is 0.257 e. The van der Waals surface area contributed by atoms with Crippen molar-refractivity contribution in [1.82, 2.24) is 4.98 Å². The molecule has 0 aliphatic heterocycles. The fourth-order valence-corrected chi connectivity index (χ4v) is 4.42. The summed E-state index contributed by atoms with van der Waals surface area (Å²) in [4.78, 5) is 17.2. The number of amides is 1. The van der Waals surface area contributed by atoms with Crippen LogP contribution in [-0.4, -0.2) is 31.2 Å². The zero-order valence-corrected chi connectivity index (χ0v) is 18.7. The lowest BCUT2D eigenvalue weighted by Crippen LogP contribution is -2.15. The summed E-state index contributed by atoms with van der Waals surface area (Å²) in [5.41, 5.74) is 2.06. The Hall–Kier alpha value is -2.71. The van der Waals surface area contributed by atoms with E-state index in [-0.39, 0.29) is 10.8 Å². The van der Waals surface area contributed by atoms with Crippen molar-refractivity contribution < 1.29 is 17.9 Å². The molecule has 1 N–H and O–H groups in total. The highest BCUT2D eigenvalue weighted by atomic mass is 32.2. The lowest BCUT2D eigenvalue weighted by molar-refractivity contribution is 0.102. The van der Waals surface area contributed by atoms with E-state index >= 15 is 0 Å². The van der Waals surface area contributed by atoms with Crippen molar-refractivity contribution in [3.05, 3.63) is 59.5 Å². The third-order valence-corrected chi connectivity index (χ3v) is 7.34. The topological polar surface area (TPSA) is 85.4 Å². The van der Waals surface area contributed by atoms with Gasteiger partial charge in [0.2, 0.25) is 0 Å². The number of hydrogen-bond donors (Lipinski definition) is 1. The van der Waals surface area contributed by atoms with E-state index in [2.05, 4.69) is 17.2 Å². The summed E-state index contributed by atoms with van der Waals surface area (Å²) in [6, 6.07) is 13.6. The van der Waals surface area contributed by atoms with Crippen molar-refractivity contribution in [2.24, 2.45) is 0 Å². The molecule has 0 atom stereocenters. The molecule has 0 spiro atoms. The molecule has 2 aromatic carbocycles. The molecule has 0 unspecified atom stereocenters. The van der Waals surface area contributed by atoms with Crippen molar-refractivity contribution in [3.63, 3.8) is 0 Å². The first-order chi connectivity index (χ1) is 14.3. The normalized spacial score (nSPS) is 11.5. The maximum absolute atomic E-state index is 12.5. The van der Waals surface area contributed by atoms with Gasteiger partial charge in [0.15, 0.2) is 15.0 Å². The Labute approximate surface area is 180 Å². The van der Waals surface area contributed by atoms with Crippen LogP contribution in [0.25, 0.3) is 11.3 Å². The number of rotatable bonds is 8. The molecule has 3 aromatic rings. The minimum absolute atomic E-state index is 0.206. The van der Waals surface area contributed by atoms with E-state index in [0.29, 0.717) is 17.3 Å². The predicted molar refractivity (Wildman–Crippen MR) is 120 cm³/mol. The first-order valence-electron chi connectivity index (χ1n) is 9.65. The van der Waals surface area contributed by atoms with Gasteiger partial charge in [-0.25, -0.2) is 13.4 Å². The number of hydrogen-bond acceptors (Lipinski definition) is 6. The number of carbonyl (C=O) groups is 1. The standard InChI is InChI=1S/C22H24N2O4S2/c1-4-13-28-18-9-5-16(6-10-18)20-14-29-22(23-20)24-21(25)17-7-11-19(12-8-17)30(26,27)15(2)3/h5-12,14-15H,4,13H2,1-3H3,(H,23,24,25). The number of benzene rings is 2. The molecule has 3 rings (SSSR count). The van der Waals surface area contributed by atoms with Gasteiger partial charge < -0.3 is 4.74 Å². The average Bonchev–Trinajstić information content (AvgIpc) is 3.21. The molecule has 8 heteroatoms. The average molecular weight is 445 g/mol. The Balaban J connectivity index is 1.67. The molecule has 1 amide bonds. The molecular formula is C22H24N2O4S2. The van der Waals surface area contributed by atoms with E-state index in [0.717, 1.165) is 23.4 Å². The first kappa shape index (κ1) is 22.0. The molecule has 0 bridgehead atoms. The minimum atomic E-state index is -3.36. The molecule has 158 valence electrons. The van der Waals surface area contributed by atoms with Crippen LogP contribution in [0.2, 0.25) is 0 Å². The number of sulfone groups is 1. The number of aromatic nitrogens is 1. The summed E-state index contributed by atoms with van der Waals surface area (Å²) < 4.78 is 30.0. The molecule has 1 aromatic heterocycles. The van der Waals surface area contributed by atoms with Gasteiger partial charge in [0.25, 0.3) is 5.91 Å². The van der Waals surface area contributed by atoms with Crippen molar-refractivity contribution in [1.29, 1.82) is 0 Å². The highest BCUT2D eigenvalue weighted by Crippen LogP contribution is 2.27. The summed E-state index contributed by atoms with van der Waals surface area (Å²) >= 11 is 1.33. The van der Waals surface area contributed by atoms with Crippen LogP contribution >= 0.6 is 11.3 Å².